The molecule has 0 fully saturated rings. The van der Waals surface area contributed by atoms with Crippen molar-refractivity contribution in [2.45, 2.75) is 6.92 Å². The minimum Gasteiger partial charge on any atom is -0.418 e. The van der Waals surface area contributed by atoms with Crippen LogP contribution in [0.3, 0.4) is 0 Å². The lowest BCUT2D eigenvalue weighted by Crippen LogP contribution is -2.14. The minimum absolute atomic E-state index is 1.54. The van der Waals surface area contributed by atoms with E-state index in [1.165, 1.54) is 0 Å². The summed E-state index contributed by atoms with van der Waals surface area (Å²) in [7, 11) is -6.00. The summed E-state index contributed by atoms with van der Waals surface area (Å²) in [5.74, 6) is 0. The lowest BCUT2D eigenvalue weighted by molar-refractivity contribution is -0.0926. The first-order valence-electron chi connectivity index (χ1n) is 1.62. The first kappa shape index (κ1) is 10.3. The van der Waals surface area contributed by atoms with Gasteiger partial charge in [-0.25, -0.2) is 0 Å². The number of hydrogen-bond acceptors (Lipinski definition) is 0. The Morgan fingerprint density at radius 3 is 1.25 bits per heavy atom. The van der Waals surface area contributed by atoms with E-state index in [1.807, 2.05) is 6.07 Å². The van der Waals surface area contributed by atoms with Crippen molar-refractivity contribution in [3.63, 3.8) is 0 Å². The Kier molecular flexibility index (Phi) is 5.71. The van der Waals surface area contributed by atoms with Crippen molar-refractivity contribution in [2.75, 3.05) is 0 Å². The van der Waals surface area contributed by atoms with Crippen LogP contribution in [0, 0.1) is 6.07 Å². The predicted octanol–water partition coefficient (Wildman–Crippen LogP) is 0.0790. The molecule has 0 aliphatic heterocycles. The first-order valence-corrected chi connectivity index (χ1v) is 1.62. The molecule has 0 unspecified atom stereocenters. The maximum atomic E-state index is 9.75. The molecule has 0 radical (unpaired) electrons. The fourth-order valence-electron chi connectivity index (χ4n) is 0. The van der Waals surface area contributed by atoms with Crippen molar-refractivity contribution in [1.29, 1.82) is 0 Å². The van der Waals surface area contributed by atoms with Gasteiger partial charge in [-0.05, 0) is 0 Å². The topological polar surface area (TPSA) is 23.8 Å². The van der Waals surface area contributed by atoms with Crippen LogP contribution in [-0.4, -0.2) is 7.25 Å². The van der Waals surface area contributed by atoms with Crippen LogP contribution in [-0.2, 0) is 0 Å². The fourth-order valence-corrected chi connectivity index (χ4v) is 0. The Bertz CT molecular complexity index is 75.0. The molecule has 0 aromatic carbocycles. The second-order valence-electron chi connectivity index (χ2n) is 0.745. The van der Waals surface area contributed by atoms with Gasteiger partial charge in [0.15, 0.2) is 0 Å². The van der Waals surface area contributed by atoms with E-state index < -0.39 is 7.25 Å². The van der Waals surface area contributed by atoms with Crippen molar-refractivity contribution in [1.82, 2.24) is 0 Å². The molecular formula is C2H4BF4N. The summed E-state index contributed by atoms with van der Waals surface area (Å²) in [6, 6.07) is 2.00. The number of rotatable bonds is 0. The van der Waals surface area contributed by atoms with Crippen LogP contribution in [0.2, 0.25) is 0 Å². The zero-order valence-electron chi connectivity index (χ0n) is 4.09. The Labute approximate surface area is 44.0 Å². The summed E-state index contributed by atoms with van der Waals surface area (Å²) >= 11 is 0. The molecule has 1 N–H and O–H groups in total. The van der Waals surface area contributed by atoms with E-state index in [-0.39, 0.29) is 0 Å². The van der Waals surface area contributed by atoms with Crippen LogP contribution >= 0.6 is 0 Å². The van der Waals surface area contributed by atoms with E-state index in [9.17, 15) is 17.3 Å². The fraction of sp³-hybridized carbons (Fsp3) is 0.500. The third kappa shape index (κ3) is 183. The Hall–Kier alpha value is -0.725. The molecule has 0 aliphatic rings. The SMILES string of the molecule is CC#[NH+].F[B-](F)(F)F. The van der Waals surface area contributed by atoms with Crippen LogP contribution in [0.5, 0.6) is 0 Å². The second kappa shape index (κ2) is 4.43. The van der Waals surface area contributed by atoms with Crippen LogP contribution in [0.1, 0.15) is 6.92 Å². The van der Waals surface area contributed by atoms with Gasteiger partial charge < -0.3 is 17.3 Å². The van der Waals surface area contributed by atoms with Crippen LogP contribution in [0.15, 0.2) is 0 Å². The summed E-state index contributed by atoms with van der Waals surface area (Å²) in [5.41, 5.74) is 0. The van der Waals surface area contributed by atoms with Crippen molar-refractivity contribution in [2.24, 2.45) is 0 Å². The monoisotopic (exact) mass is 129 g/mol. The van der Waals surface area contributed by atoms with E-state index in [0.29, 0.717) is 0 Å². The largest absolute Gasteiger partial charge is 0.673 e. The average molecular weight is 129 g/mol. The third-order valence-corrected chi connectivity index (χ3v) is 0. The van der Waals surface area contributed by atoms with Crippen LogP contribution in [0.4, 0.5) is 17.3 Å². The summed E-state index contributed by atoms with van der Waals surface area (Å²) in [5, 5.41) is 5.96. The molecular weight excluding hydrogens is 125 g/mol. The zero-order chi connectivity index (χ0) is 7.21. The maximum Gasteiger partial charge on any atom is 0.673 e. The lowest BCUT2D eigenvalue weighted by Gasteiger charge is -1.94. The van der Waals surface area contributed by atoms with Crippen LogP contribution < -0.4 is 5.26 Å². The maximum absolute atomic E-state index is 9.75. The van der Waals surface area contributed by atoms with Gasteiger partial charge >= 0.3 is 7.25 Å². The standard InChI is InChI=1S/C2H3N.BF4/c1-2-3;2-1(3,4)5/h1H3;/q;-1/p+1. The van der Waals surface area contributed by atoms with E-state index >= 15 is 0 Å². The predicted molar refractivity (Wildman–Crippen MR) is 20.7 cm³/mol. The van der Waals surface area contributed by atoms with Crippen molar-refractivity contribution >= 4 is 7.25 Å². The van der Waals surface area contributed by atoms with Gasteiger partial charge in [-0.1, -0.05) is 0 Å². The summed E-state index contributed by atoms with van der Waals surface area (Å²) < 4.78 is 39.0. The molecule has 0 heterocycles. The molecule has 6 heteroatoms. The average Bonchev–Trinajstić information content (AvgIpc) is 1.27. The normalized spacial score (nSPS) is 8.50. The van der Waals surface area contributed by atoms with Crippen LogP contribution in [0.25, 0.3) is 0 Å². The van der Waals surface area contributed by atoms with E-state index in [0.717, 1.165) is 0 Å². The zero-order valence-corrected chi connectivity index (χ0v) is 4.09. The Balaban J connectivity index is 0. The van der Waals surface area contributed by atoms with Gasteiger partial charge in [0.25, 0.3) is 6.07 Å². The third-order valence-electron chi connectivity index (χ3n) is 0. The van der Waals surface area contributed by atoms with Gasteiger partial charge in [0.05, 0.1) is 6.92 Å². The molecule has 1 nitrogen and oxygen atoms in total. The highest BCUT2D eigenvalue weighted by atomic mass is 19.5. The molecule has 0 aliphatic carbocycles. The van der Waals surface area contributed by atoms with Gasteiger partial charge in [0.2, 0.25) is 0 Å². The van der Waals surface area contributed by atoms with E-state index in [1.54, 1.807) is 6.92 Å². The molecule has 48 valence electrons. The van der Waals surface area contributed by atoms with E-state index in [4.69, 9.17) is 5.26 Å². The Morgan fingerprint density at radius 1 is 1.25 bits per heavy atom. The van der Waals surface area contributed by atoms with Gasteiger partial charge in [-0.3, -0.25) is 0 Å². The Morgan fingerprint density at radius 2 is 1.25 bits per heavy atom. The molecule has 0 bridgehead atoms. The van der Waals surface area contributed by atoms with Gasteiger partial charge in [0, 0.05) is 0 Å². The number of hydrogen-bond donors (Lipinski definition) is 1. The van der Waals surface area contributed by atoms with Gasteiger partial charge in [0.1, 0.15) is 0 Å². The van der Waals surface area contributed by atoms with Crippen molar-refractivity contribution < 1.29 is 22.5 Å². The molecule has 0 aromatic rings. The first-order chi connectivity index (χ1) is 3.41. The highest BCUT2D eigenvalue weighted by Crippen LogP contribution is 2.06. The second-order valence-corrected chi connectivity index (χ2v) is 0.745. The molecule has 0 amide bonds. The number of halogens is 4. The van der Waals surface area contributed by atoms with E-state index in [2.05, 4.69) is 0 Å². The summed E-state index contributed by atoms with van der Waals surface area (Å²) in [4.78, 5) is 0. The molecule has 0 saturated heterocycles. The quantitative estimate of drug-likeness (QED) is 0.353. The van der Waals surface area contributed by atoms with Gasteiger partial charge in [-0.15, -0.1) is 5.26 Å². The highest BCUT2D eigenvalue weighted by molar-refractivity contribution is 6.50. The molecule has 0 atom stereocenters. The lowest BCUT2D eigenvalue weighted by atomic mass is 10.3. The summed E-state index contributed by atoms with van der Waals surface area (Å²) in [6.45, 7) is 1.54. The minimum atomic E-state index is -6.00. The van der Waals surface area contributed by atoms with Gasteiger partial charge in [-0.2, -0.15) is 0 Å². The molecule has 0 saturated carbocycles. The van der Waals surface area contributed by atoms with Crippen molar-refractivity contribution in [3.8, 4) is 6.07 Å². The highest BCUT2D eigenvalue weighted by Gasteiger charge is 2.20. The number of nitrogens with one attached hydrogen (secondary N) is 1. The molecule has 0 rings (SSSR count). The molecule has 8 heavy (non-hydrogen) atoms. The molecule has 0 spiro atoms. The van der Waals surface area contributed by atoms with Crippen molar-refractivity contribution in [3.05, 3.63) is 0 Å². The smallest absolute Gasteiger partial charge is 0.418 e. The summed E-state index contributed by atoms with van der Waals surface area (Å²) in [6.07, 6.45) is 0. The molecule has 0 aromatic heterocycles.